The summed E-state index contributed by atoms with van der Waals surface area (Å²) >= 11 is 0. The molecule has 13 heavy (non-hydrogen) atoms. The molecule has 0 spiro atoms. The van der Waals surface area contributed by atoms with Gasteiger partial charge in [-0.2, -0.15) is 0 Å². The van der Waals surface area contributed by atoms with Gasteiger partial charge in [0.1, 0.15) is 12.1 Å². The van der Waals surface area contributed by atoms with E-state index in [1.807, 2.05) is 0 Å². The van der Waals surface area contributed by atoms with Gasteiger partial charge >= 0.3 is 11.9 Å². The Labute approximate surface area is 82.0 Å². The molecule has 0 saturated carbocycles. The first-order chi connectivity index (χ1) is 5.49. The summed E-state index contributed by atoms with van der Waals surface area (Å²) in [6, 6.07) is -1.20. The maximum absolute atomic E-state index is 10.6. The number of carboxylic acids is 1. The van der Waals surface area contributed by atoms with Crippen molar-refractivity contribution in [1.29, 1.82) is 0 Å². The standard InChI is InChI=1S/C7H11NO4.ClH/c1-3-5(9)12-4(2)6(8)7(10)11;/h3-4,6H,1,8H2,2H3,(H,10,11);1H. The van der Waals surface area contributed by atoms with Crippen LogP contribution in [0.15, 0.2) is 12.7 Å². The van der Waals surface area contributed by atoms with Crippen molar-refractivity contribution in [2.45, 2.75) is 19.1 Å². The molecule has 0 fully saturated rings. The second-order valence-electron chi connectivity index (χ2n) is 2.21. The van der Waals surface area contributed by atoms with Crippen LogP contribution < -0.4 is 5.73 Å². The lowest BCUT2D eigenvalue weighted by atomic mass is 10.2. The number of hydrogen-bond donors (Lipinski definition) is 2. The lowest BCUT2D eigenvalue weighted by Gasteiger charge is -2.15. The number of ether oxygens (including phenoxy) is 1. The van der Waals surface area contributed by atoms with Gasteiger partial charge in [-0.05, 0) is 6.92 Å². The zero-order valence-corrected chi connectivity index (χ0v) is 7.91. The van der Waals surface area contributed by atoms with E-state index in [9.17, 15) is 9.59 Å². The Morgan fingerprint density at radius 1 is 1.62 bits per heavy atom. The van der Waals surface area contributed by atoms with Crippen LogP contribution in [0.25, 0.3) is 0 Å². The Balaban J connectivity index is 0. The summed E-state index contributed by atoms with van der Waals surface area (Å²) in [5, 5.41) is 8.40. The summed E-state index contributed by atoms with van der Waals surface area (Å²) in [5.74, 6) is -1.89. The average molecular weight is 210 g/mol. The van der Waals surface area contributed by atoms with Crippen molar-refractivity contribution in [3.8, 4) is 0 Å². The molecule has 0 aromatic carbocycles. The minimum absolute atomic E-state index is 0. The van der Waals surface area contributed by atoms with Gasteiger partial charge in [-0.3, -0.25) is 4.79 Å². The molecule has 5 nitrogen and oxygen atoms in total. The highest BCUT2D eigenvalue weighted by molar-refractivity contribution is 5.85. The SMILES string of the molecule is C=CC(=O)OC(C)C(N)C(=O)O.Cl. The zero-order chi connectivity index (χ0) is 9.72. The number of rotatable bonds is 4. The summed E-state index contributed by atoms with van der Waals surface area (Å²) in [6.07, 6.45) is 0.0958. The zero-order valence-electron chi connectivity index (χ0n) is 7.10. The van der Waals surface area contributed by atoms with Crippen LogP contribution in [0.4, 0.5) is 0 Å². The van der Waals surface area contributed by atoms with Crippen molar-refractivity contribution in [1.82, 2.24) is 0 Å². The Kier molecular flexibility index (Phi) is 7.17. The van der Waals surface area contributed by atoms with E-state index >= 15 is 0 Å². The Morgan fingerprint density at radius 2 is 2.08 bits per heavy atom. The monoisotopic (exact) mass is 209 g/mol. The molecule has 0 heterocycles. The molecular formula is C7H12ClNO4. The van der Waals surface area contributed by atoms with Crippen molar-refractivity contribution in [2.75, 3.05) is 0 Å². The molecule has 2 atom stereocenters. The maximum Gasteiger partial charge on any atom is 0.330 e. The van der Waals surface area contributed by atoms with Crippen molar-refractivity contribution >= 4 is 24.3 Å². The van der Waals surface area contributed by atoms with E-state index in [1.54, 1.807) is 0 Å². The fraction of sp³-hybridized carbons (Fsp3) is 0.429. The van der Waals surface area contributed by atoms with Gasteiger partial charge in [0.05, 0.1) is 0 Å². The van der Waals surface area contributed by atoms with Gasteiger partial charge in [-0.25, -0.2) is 4.79 Å². The lowest BCUT2D eigenvalue weighted by Crippen LogP contribution is -2.42. The largest absolute Gasteiger partial charge is 0.480 e. The number of carbonyl (C=O) groups is 2. The molecule has 0 aliphatic carbocycles. The van der Waals surface area contributed by atoms with Crippen LogP contribution in [0.2, 0.25) is 0 Å². The number of nitrogens with two attached hydrogens (primary N) is 1. The van der Waals surface area contributed by atoms with E-state index in [1.165, 1.54) is 6.92 Å². The van der Waals surface area contributed by atoms with Gasteiger partial charge < -0.3 is 15.6 Å². The number of halogens is 1. The molecule has 0 rings (SSSR count). The Hall–Kier alpha value is -1.07. The van der Waals surface area contributed by atoms with Crippen LogP contribution in [0.3, 0.4) is 0 Å². The van der Waals surface area contributed by atoms with Crippen molar-refractivity contribution in [3.05, 3.63) is 12.7 Å². The molecule has 0 aliphatic heterocycles. The Morgan fingerprint density at radius 3 is 2.38 bits per heavy atom. The molecule has 3 N–H and O–H groups in total. The third kappa shape index (κ3) is 5.21. The number of carboxylic acid groups (broad SMARTS) is 1. The summed E-state index contributed by atoms with van der Waals surface area (Å²) in [6.45, 7) is 4.56. The fourth-order valence-corrected chi connectivity index (χ4v) is 0.505. The van der Waals surface area contributed by atoms with E-state index in [0.717, 1.165) is 6.08 Å². The molecule has 0 aliphatic rings. The van der Waals surface area contributed by atoms with Gasteiger partial charge in [-0.1, -0.05) is 6.58 Å². The van der Waals surface area contributed by atoms with Gasteiger partial charge in [0, 0.05) is 6.08 Å². The summed E-state index contributed by atoms with van der Waals surface area (Å²) in [5.41, 5.74) is 5.15. The molecule has 0 amide bonds. The Bertz CT molecular complexity index is 207. The summed E-state index contributed by atoms with van der Waals surface area (Å²) in [4.78, 5) is 20.8. The highest BCUT2D eigenvalue weighted by Crippen LogP contribution is 1.97. The topological polar surface area (TPSA) is 89.6 Å². The first-order valence-electron chi connectivity index (χ1n) is 3.30. The van der Waals surface area contributed by atoms with E-state index in [-0.39, 0.29) is 12.4 Å². The van der Waals surface area contributed by atoms with Gasteiger partial charge in [0.25, 0.3) is 0 Å². The van der Waals surface area contributed by atoms with Crippen LogP contribution in [-0.2, 0) is 14.3 Å². The third-order valence-electron chi connectivity index (χ3n) is 1.26. The van der Waals surface area contributed by atoms with E-state index in [2.05, 4.69) is 11.3 Å². The van der Waals surface area contributed by atoms with Gasteiger partial charge in [0.2, 0.25) is 0 Å². The first kappa shape index (κ1) is 14.5. The molecule has 0 saturated heterocycles. The number of carbonyl (C=O) groups excluding carboxylic acids is 1. The second-order valence-corrected chi connectivity index (χ2v) is 2.21. The average Bonchev–Trinajstić information content (AvgIpc) is 2.02. The lowest BCUT2D eigenvalue weighted by molar-refractivity contribution is -0.149. The van der Waals surface area contributed by atoms with Crippen molar-refractivity contribution in [3.63, 3.8) is 0 Å². The highest BCUT2D eigenvalue weighted by atomic mass is 35.5. The quantitative estimate of drug-likeness (QED) is 0.500. The van der Waals surface area contributed by atoms with Crippen LogP contribution in [0.1, 0.15) is 6.92 Å². The van der Waals surface area contributed by atoms with Crippen LogP contribution in [-0.4, -0.2) is 29.2 Å². The van der Waals surface area contributed by atoms with Gasteiger partial charge in [-0.15, -0.1) is 12.4 Å². The predicted octanol–water partition coefficient (Wildman–Crippen LogP) is -0.0622. The molecule has 0 radical (unpaired) electrons. The predicted molar refractivity (Wildman–Crippen MR) is 48.6 cm³/mol. The van der Waals surface area contributed by atoms with E-state index in [4.69, 9.17) is 10.8 Å². The van der Waals surface area contributed by atoms with E-state index < -0.39 is 24.1 Å². The summed E-state index contributed by atoms with van der Waals surface area (Å²) < 4.78 is 4.56. The smallest absolute Gasteiger partial charge is 0.330 e. The maximum atomic E-state index is 10.6. The fourth-order valence-electron chi connectivity index (χ4n) is 0.505. The molecular weight excluding hydrogens is 198 g/mol. The minimum Gasteiger partial charge on any atom is -0.480 e. The number of esters is 1. The van der Waals surface area contributed by atoms with Crippen molar-refractivity contribution in [2.24, 2.45) is 5.73 Å². The first-order valence-corrected chi connectivity index (χ1v) is 3.30. The second kappa shape index (κ2) is 6.45. The normalized spacial score (nSPS) is 13.4. The molecule has 0 aromatic heterocycles. The van der Waals surface area contributed by atoms with Crippen molar-refractivity contribution < 1.29 is 19.4 Å². The van der Waals surface area contributed by atoms with Crippen LogP contribution in [0.5, 0.6) is 0 Å². The minimum atomic E-state index is -1.21. The molecule has 6 heteroatoms. The third-order valence-corrected chi connectivity index (χ3v) is 1.26. The molecule has 0 bridgehead atoms. The number of hydrogen-bond acceptors (Lipinski definition) is 4. The molecule has 76 valence electrons. The van der Waals surface area contributed by atoms with Crippen LogP contribution >= 0.6 is 12.4 Å². The molecule has 0 aromatic rings. The highest BCUT2D eigenvalue weighted by Gasteiger charge is 2.22. The summed E-state index contributed by atoms with van der Waals surface area (Å²) in [7, 11) is 0. The van der Waals surface area contributed by atoms with Gasteiger partial charge in [0.15, 0.2) is 0 Å². The van der Waals surface area contributed by atoms with Crippen LogP contribution in [0, 0.1) is 0 Å². The van der Waals surface area contributed by atoms with E-state index in [0.29, 0.717) is 0 Å². The number of aliphatic carboxylic acids is 1. The molecule has 2 unspecified atom stereocenters.